The summed E-state index contributed by atoms with van der Waals surface area (Å²) in [6, 6.07) is 8.54. The zero-order chi connectivity index (χ0) is 19.9. The van der Waals surface area contributed by atoms with Gasteiger partial charge in [0, 0.05) is 36.9 Å². The quantitative estimate of drug-likeness (QED) is 0.644. The van der Waals surface area contributed by atoms with Gasteiger partial charge in [-0.1, -0.05) is 40.2 Å². The number of hydrogen-bond donors (Lipinski definition) is 1. The van der Waals surface area contributed by atoms with Gasteiger partial charge in [-0.05, 0) is 66.9 Å². The van der Waals surface area contributed by atoms with E-state index in [9.17, 15) is 4.79 Å². The Morgan fingerprint density at radius 1 is 1.10 bits per heavy atom. The average molecular weight is 461 g/mol. The number of halogens is 1. The van der Waals surface area contributed by atoms with Gasteiger partial charge in [-0.3, -0.25) is 9.69 Å². The zero-order valence-electron chi connectivity index (χ0n) is 17.3. The van der Waals surface area contributed by atoms with Gasteiger partial charge in [-0.15, -0.1) is 0 Å². The first-order chi connectivity index (χ1) is 14.0. The van der Waals surface area contributed by atoms with E-state index in [2.05, 4.69) is 50.4 Å². The fraction of sp³-hybridized carbons (Fsp3) is 0.708. The molecule has 29 heavy (non-hydrogen) atoms. The fourth-order valence-electron chi connectivity index (χ4n) is 7.02. The van der Waals surface area contributed by atoms with Crippen LogP contribution in [0.2, 0.25) is 0 Å². The van der Waals surface area contributed by atoms with Crippen molar-refractivity contribution in [1.29, 1.82) is 0 Å². The molecule has 158 valence electrons. The molecule has 6 rings (SSSR count). The van der Waals surface area contributed by atoms with Gasteiger partial charge in [-0.2, -0.15) is 0 Å². The maximum atomic E-state index is 13.0. The van der Waals surface area contributed by atoms with Crippen LogP contribution in [-0.2, 0) is 22.6 Å². The van der Waals surface area contributed by atoms with Crippen LogP contribution in [0.4, 0.5) is 0 Å². The third kappa shape index (κ3) is 4.42. The van der Waals surface area contributed by atoms with Crippen LogP contribution in [0.5, 0.6) is 0 Å². The van der Waals surface area contributed by atoms with E-state index in [0.717, 1.165) is 44.7 Å². The molecule has 4 bridgehead atoms. The summed E-state index contributed by atoms with van der Waals surface area (Å²) in [6.45, 7) is 5.19. The van der Waals surface area contributed by atoms with Crippen molar-refractivity contribution in [1.82, 2.24) is 10.2 Å². The molecule has 1 aromatic carbocycles. The highest BCUT2D eigenvalue weighted by atomic mass is 79.9. The SMILES string of the molecule is O=C(CC12CC3CC(CC(Br)(C3)C1)C2)NCc1ccccc1CN1CCOCC1. The van der Waals surface area contributed by atoms with Gasteiger partial charge in [0.2, 0.25) is 5.91 Å². The maximum absolute atomic E-state index is 13.0. The highest BCUT2D eigenvalue weighted by Gasteiger charge is 2.57. The number of nitrogens with zero attached hydrogens (tertiary/aromatic N) is 1. The minimum atomic E-state index is 0.240. The minimum absolute atomic E-state index is 0.240. The van der Waals surface area contributed by atoms with E-state index in [1.54, 1.807) is 0 Å². The summed E-state index contributed by atoms with van der Waals surface area (Å²) in [4.78, 5) is 15.4. The number of nitrogens with one attached hydrogen (secondary N) is 1. The van der Waals surface area contributed by atoms with Crippen molar-refractivity contribution in [2.24, 2.45) is 17.3 Å². The Bertz CT molecular complexity index is 747. The topological polar surface area (TPSA) is 41.6 Å². The van der Waals surface area contributed by atoms with Crippen LogP contribution in [-0.4, -0.2) is 41.4 Å². The third-order valence-electron chi connectivity index (χ3n) is 7.74. The lowest BCUT2D eigenvalue weighted by molar-refractivity contribution is -0.128. The van der Waals surface area contributed by atoms with Crippen molar-refractivity contribution in [3.63, 3.8) is 0 Å². The van der Waals surface area contributed by atoms with Gasteiger partial charge in [0.1, 0.15) is 0 Å². The Labute approximate surface area is 182 Å². The lowest BCUT2D eigenvalue weighted by atomic mass is 9.48. The molecule has 1 heterocycles. The van der Waals surface area contributed by atoms with Crippen LogP contribution < -0.4 is 5.32 Å². The molecule has 4 aliphatic carbocycles. The molecule has 2 atom stereocenters. The van der Waals surface area contributed by atoms with E-state index < -0.39 is 0 Å². The molecule has 5 heteroatoms. The van der Waals surface area contributed by atoms with Crippen LogP contribution in [0.15, 0.2) is 24.3 Å². The number of hydrogen-bond acceptors (Lipinski definition) is 3. The van der Waals surface area contributed by atoms with Crippen LogP contribution in [0.25, 0.3) is 0 Å². The van der Waals surface area contributed by atoms with E-state index in [0.29, 0.717) is 17.3 Å². The summed E-state index contributed by atoms with van der Waals surface area (Å²) in [7, 11) is 0. The second-order valence-electron chi connectivity index (χ2n) is 10.2. The van der Waals surface area contributed by atoms with Gasteiger partial charge in [0.25, 0.3) is 0 Å². The fourth-order valence-corrected chi connectivity index (χ4v) is 8.53. The highest BCUT2D eigenvalue weighted by Crippen LogP contribution is 2.65. The van der Waals surface area contributed by atoms with Crippen molar-refractivity contribution in [3.8, 4) is 0 Å². The van der Waals surface area contributed by atoms with E-state index in [4.69, 9.17) is 4.74 Å². The number of alkyl halides is 1. The van der Waals surface area contributed by atoms with Gasteiger partial charge < -0.3 is 10.1 Å². The summed E-state index contributed by atoms with van der Waals surface area (Å²) >= 11 is 4.07. The first kappa shape index (κ1) is 20.0. The Morgan fingerprint density at radius 2 is 1.79 bits per heavy atom. The summed E-state index contributed by atoms with van der Waals surface area (Å²) in [6.07, 6.45) is 8.46. The van der Waals surface area contributed by atoms with E-state index in [1.807, 2.05) is 0 Å². The molecule has 0 aromatic heterocycles. The van der Waals surface area contributed by atoms with E-state index in [1.165, 1.54) is 49.7 Å². The summed E-state index contributed by atoms with van der Waals surface area (Å²) in [5, 5.41) is 3.27. The van der Waals surface area contributed by atoms with Crippen LogP contribution >= 0.6 is 15.9 Å². The third-order valence-corrected chi connectivity index (χ3v) is 8.67. The van der Waals surface area contributed by atoms with Crippen molar-refractivity contribution >= 4 is 21.8 Å². The van der Waals surface area contributed by atoms with Crippen LogP contribution in [0.1, 0.15) is 56.1 Å². The predicted molar refractivity (Wildman–Crippen MR) is 118 cm³/mol. The maximum Gasteiger partial charge on any atom is 0.220 e. The van der Waals surface area contributed by atoms with Crippen molar-refractivity contribution in [2.45, 2.75) is 62.4 Å². The number of morpholine rings is 1. The second-order valence-corrected chi connectivity index (χ2v) is 11.9. The second kappa shape index (κ2) is 7.97. The number of benzene rings is 1. The van der Waals surface area contributed by atoms with Gasteiger partial charge >= 0.3 is 0 Å². The Kier molecular flexibility index (Phi) is 5.50. The molecular weight excluding hydrogens is 428 g/mol. The first-order valence-electron chi connectivity index (χ1n) is 11.3. The molecule has 1 saturated heterocycles. The number of carbonyl (C=O) groups excluding carboxylic acids is 1. The molecule has 5 aliphatic rings. The van der Waals surface area contributed by atoms with E-state index >= 15 is 0 Å². The van der Waals surface area contributed by atoms with Crippen LogP contribution in [0.3, 0.4) is 0 Å². The molecule has 5 fully saturated rings. The van der Waals surface area contributed by atoms with Crippen molar-refractivity contribution in [3.05, 3.63) is 35.4 Å². The molecule has 1 aliphatic heterocycles. The highest BCUT2D eigenvalue weighted by molar-refractivity contribution is 9.10. The summed E-state index contributed by atoms with van der Waals surface area (Å²) in [5.41, 5.74) is 2.81. The first-order valence-corrected chi connectivity index (χ1v) is 12.1. The molecule has 0 radical (unpaired) electrons. The molecule has 1 aromatic rings. The molecule has 4 saturated carbocycles. The largest absolute Gasteiger partial charge is 0.379 e. The minimum Gasteiger partial charge on any atom is -0.379 e. The molecule has 2 unspecified atom stereocenters. The standard InChI is InChI=1S/C24H33BrN2O2/c25-24-12-18-9-19(13-24)11-23(10-18,17-24)14-22(28)26-15-20-3-1-2-4-21(20)16-27-5-7-29-8-6-27/h1-4,18-19H,5-17H2,(H,26,28). The molecular formula is C24H33BrN2O2. The monoisotopic (exact) mass is 460 g/mol. The molecule has 1 amide bonds. The molecule has 1 N–H and O–H groups in total. The molecule has 4 nitrogen and oxygen atoms in total. The number of carbonyl (C=O) groups is 1. The lowest BCUT2D eigenvalue weighted by Crippen LogP contribution is -2.54. The summed E-state index contributed by atoms with van der Waals surface area (Å²) < 4.78 is 5.79. The van der Waals surface area contributed by atoms with Crippen LogP contribution in [0, 0.1) is 17.3 Å². The predicted octanol–water partition coefficient (Wildman–Crippen LogP) is 4.26. The van der Waals surface area contributed by atoms with Crippen molar-refractivity contribution in [2.75, 3.05) is 26.3 Å². The molecule has 0 spiro atoms. The number of rotatable bonds is 6. The smallest absolute Gasteiger partial charge is 0.220 e. The Balaban J connectivity index is 1.19. The van der Waals surface area contributed by atoms with Gasteiger partial charge in [-0.25, -0.2) is 0 Å². The number of amides is 1. The number of ether oxygens (including phenoxy) is 1. The Morgan fingerprint density at radius 3 is 2.48 bits per heavy atom. The normalized spacial score (nSPS) is 36.3. The summed E-state index contributed by atoms with van der Waals surface area (Å²) in [5.74, 6) is 1.90. The Hall–Kier alpha value is -0.910. The average Bonchev–Trinajstić information content (AvgIpc) is 2.66. The van der Waals surface area contributed by atoms with E-state index in [-0.39, 0.29) is 11.3 Å². The zero-order valence-corrected chi connectivity index (χ0v) is 18.9. The van der Waals surface area contributed by atoms with Crippen molar-refractivity contribution < 1.29 is 9.53 Å². The van der Waals surface area contributed by atoms with Gasteiger partial charge in [0.15, 0.2) is 0 Å². The van der Waals surface area contributed by atoms with Gasteiger partial charge in [0.05, 0.1) is 13.2 Å². The lowest BCUT2D eigenvalue weighted by Gasteiger charge is -2.60.